The van der Waals surface area contributed by atoms with Crippen LogP contribution in [0, 0.1) is 0 Å². The van der Waals surface area contributed by atoms with Gasteiger partial charge in [0.15, 0.2) is 0 Å². The molecule has 0 unspecified atom stereocenters. The topological polar surface area (TPSA) is 75.7 Å². The molecule has 0 radical (unpaired) electrons. The molecule has 6 nitrogen and oxygen atoms in total. The molecule has 1 aliphatic heterocycles. The summed E-state index contributed by atoms with van der Waals surface area (Å²) >= 11 is 0. The van der Waals surface area contributed by atoms with Crippen LogP contribution in [0.2, 0.25) is 0 Å². The number of unbranched alkanes of at least 4 members (excludes halogenated alkanes) is 2. The largest absolute Gasteiger partial charge is 0.466 e. The second-order valence-electron chi connectivity index (χ2n) is 5.28. The van der Waals surface area contributed by atoms with Crippen LogP contribution in [0.5, 0.6) is 0 Å². The van der Waals surface area contributed by atoms with E-state index in [-0.39, 0.29) is 18.2 Å². The van der Waals surface area contributed by atoms with Crippen molar-refractivity contribution in [3.05, 3.63) is 0 Å². The quantitative estimate of drug-likeness (QED) is 0.540. The van der Waals surface area contributed by atoms with Crippen LogP contribution in [0.25, 0.3) is 0 Å². The van der Waals surface area contributed by atoms with Crippen molar-refractivity contribution in [1.82, 2.24) is 10.2 Å². The predicted molar refractivity (Wildman–Crippen MR) is 78.5 cm³/mol. The maximum atomic E-state index is 12.2. The smallest absolute Gasteiger partial charge is 0.308 e. The van der Waals surface area contributed by atoms with Gasteiger partial charge in [0, 0.05) is 19.5 Å². The number of carbonyl (C=O) groups is 3. The third kappa shape index (κ3) is 5.73. The summed E-state index contributed by atoms with van der Waals surface area (Å²) in [7, 11) is 0. The zero-order valence-corrected chi connectivity index (χ0v) is 13.0. The summed E-state index contributed by atoms with van der Waals surface area (Å²) in [5.74, 6) is -0.740. The SMILES string of the molecule is CCCCCC(=O)N1CCNC(=O)[C@H]1CC(=O)OCCC. The van der Waals surface area contributed by atoms with Crippen molar-refractivity contribution in [2.45, 2.75) is 58.4 Å². The molecule has 1 fully saturated rings. The van der Waals surface area contributed by atoms with E-state index in [2.05, 4.69) is 12.2 Å². The number of esters is 1. The van der Waals surface area contributed by atoms with Gasteiger partial charge in [-0.15, -0.1) is 0 Å². The van der Waals surface area contributed by atoms with Gasteiger partial charge in [0.25, 0.3) is 0 Å². The average molecular weight is 298 g/mol. The second kappa shape index (κ2) is 9.37. The fourth-order valence-corrected chi connectivity index (χ4v) is 2.32. The van der Waals surface area contributed by atoms with Crippen LogP contribution < -0.4 is 5.32 Å². The van der Waals surface area contributed by atoms with Gasteiger partial charge in [-0.05, 0) is 12.8 Å². The van der Waals surface area contributed by atoms with Gasteiger partial charge < -0.3 is 15.0 Å². The van der Waals surface area contributed by atoms with Gasteiger partial charge in [0.1, 0.15) is 6.04 Å². The summed E-state index contributed by atoms with van der Waals surface area (Å²) in [6.07, 6.45) is 3.96. The summed E-state index contributed by atoms with van der Waals surface area (Å²) in [6, 6.07) is -0.725. The molecule has 0 aromatic carbocycles. The number of piperazine rings is 1. The number of carbonyl (C=O) groups excluding carboxylic acids is 3. The highest BCUT2D eigenvalue weighted by molar-refractivity contribution is 5.91. The van der Waals surface area contributed by atoms with Gasteiger partial charge in [0.05, 0.1) is 13.0 Å². The van der Waals surface area contributed by atoms with Crippen molar-refractivity contribution < 1.29 is 19.1 Å². The summed E-state index contributed by atoms with van der Waals surface area (Å²) in [4.78, 5) is 37.4. The second-order valence-corrected chi connectivity index (χ2v) is 5.28. The Morgan fingerprint density at radius 3 is 2.71 bits per heavy atom. The molecule has 0 bridgehead atoms. The molecular weight excluding hydrogens is 272 g/mol. The standard InChI is InChI=1S/C15H26N2O4/c1-3-5-6-7-13(18)17-9-8-16-15(20)12(17)11-14(19)21-10-4-2/h12H,3-11H2,1-2H3,(H,16,20)/t12-/m1/s1. The molecule has 1 rings (SSSR count). The molecule has 0 aliphatic carbocycles. The fraction of sp³-hybridized carbons (Fsp3) is 0.800. The predicted octanol–water partition coefficient (Wildman–Crippen LogP) is 1.24. The van der Waals surface area contributed by atoms with E-state index >= 15 is 0 Å². The Bertz CT molecular complexity index is 371. The number of nitrogens with one attached hydrogen (secondary N) is 1. The first kappa shape index (κ1) is 17.5. The molecule has 1 N–H and O–H groups in total. The van der Waals surface area contributed by atoms with Gasteiger partial charge in [-0.25, -0.2) is 0 Å². The van der Waals surface area contributed by atoms with Crippen LogP contribution in [0.15, 0.2) is 0 Å². The van der Waals surface area contributed by atoms with Crippen molar-refractivity contribution in [3.8, 4) is 0 Å². The number of nitrogens with zero attached hydrogens (tertiary/aromatic N) is 1. The Labute approximate surface area is 126 Å². The fourth-order valence-electron chi connectivity index (χ4n) is 2.32. The van der Waals surface area contributed by atoms with Crippen molar-refractivity contribution >= 4 is 17.8 Å². The lowest BCUT2D eigenvalue weighted by Crippen LogP contribution is -2.57. The molecule has 6 heteroatoms. The van der Waals surface area contributed by atoms with E-state index in [0.29, 0.717) is 26.1 Å². The molecule has 0 aromatic heterocycles. The molecule has 120 valence electrons. The minimum absolute atomic E-state index is 0.0495. The van der Waals surface area contributed by atoms with Crippen molar-refractivity contribution in [1.29, 1.82) is 0 Å². The molecule has 1 heterocycles. The van der Waals surface area contributed by atoms with Gasteiger partial charge in [-0.3, -0.25) is 14.4 Å². The first-order valence-electron chi connectivity index (χ1n) is 7.83. The molecule has 2 amide bonds. The maximum absolute atomic E-state index is 12.2. The molecule has 0 aromatic rings. The highest BCUT2D eigenvalue weighted by atomic mass is 16.5. The van der Waals surface area contributed by atoms with E-state index in [1.807, 2.05) is 6.92 Å². The minimum Gasteiger partial charge on any atom is -0.466 e. The Balaban J connectivity index is 2.59. The van der Waals surface area contributed by atoms with E-state index in [9.17, 15) is 14.4 Å². The Hall–Kier alpha value is -1.59. The van der Waals surface area contributed by atoms with Gasteiger partial charge in [-0.1, -0.05) is 26.7 Å². The van der Waals surface area contributed by atoms with E-state index in [1.165, 1.54) is 4.90 Å². The van der Waals surface area contributed by atoms with Gasteiger partial charge >= 0.3 is 5.97 Å². The Morgan fingerprint density at radius 1 is 1.29 bits per heavy atom. The molecule has 1 atom stereocenters. The normalized spacial score (nSPS) is 18.3. The van der Waals surface area contributed by atoms with Crippen LogP contribution in [-0.2, 0) is 19.1 Å². The van der Waals surface area contributed by atoms with Crippen molar-refractivity contribution in [2.24, 2.45) is 0 Å². The molecule has 21 heavy (non-hydrogen) atoms. The van der Waals surface area contributed by atoms with Crippen LogP contribution >= 0.6 is 0 Å². The zero-order valence-electron chi connectivity index (χ0n) is 13.0. The highest BCUT2D eigenvalue weighted by Crippen LogP contribution is 2.13. The third-order valence-corrected chi connectivity index (χ3v) is 3.47. The van der Waals surface area contributed by atoms with Crippen molar-refractivity contribution in [3.63, 3.8) is 0 Å². The lowest BCUT2D eigenvalue weighted by molar-refractivity contribution is -0.152. The molecular formula is C15H26N2O4. The first-order chi connectivity index (χ1) is 10.1. The average Bonchev–Trinajstić information content (AvgIpc) is 2.47. The van der Waals surface area contributed by atoms with Crippen LogP contribution in [0.1, 0.15) is 52.4 Å². The van der Waals surface area contributed by atoms with Crippen LogP contribution in [-0.4, -0.2) is 48.4 Å². The van der Waals surface area contributed by atoms with E-state index < -0.39 is 12.0 Å². The molecule has 1 aliphatic rings. The maximum Gasteiger partial charge on any atom is 0.308 e. The molecule has 1 saturated heterocycles. The Morgan fingerprint density at radius 2 is 2.05 bits per heavy atom. The first-order valence-corrected chi connectivity index (χ1v) is 7.83. The van der Waals surface area contributed by atoms with Gasteiger partial charge in [-0.2, -0.15) is 0 Å². The number of amides is 2. The number of hydrogen-bond donors (Lipinski definition) is 1. The zero-order chi connectivity index (χ0) is 15.7. The summed E-state index contributed by atoms with van der Waals surface area (Å²) < 4.78 is 5.01. The highest BCUT2D eigenvalue weighted by Gasteiger charge is 2.34. The number of hydrogen-bond acceptors (Lipinski definition) is 4. The number of rotatable bonds is 8. The number of ether oxygens (including phenoxy) is 1. The summed E-state index contributed by atoms with van der Waals surface area (Å²) in [6.45, 7) is 5.23. The summed E-state index contributed by atoms with van der Waals surface area (Å²) in [5, 5.41) is 2.71. The van der Waals surface area contributed by atoms with E-state index in [0.717, 1.165) is 25.7 Å². The minimum atomic E-state index is -0.725. The lowest BCUT2D eigenvalue weighted by atomic mass is 10.1. The third-order valence-electron chi connectivity index (χ3n) is 3.47. The van der Waals surface area contributed by atoms with E-state index in [1.54, 1.807) is 0 Å². The van der Waals surface area contributed by atoms with Gasteiger partial charge in [0.2, 0.25) is 11.8 Å². The van der Waals surface area contributed by atoms with Crippen LogP contribution in [0.3, 0.4) is 0 Å². The lowest BCUT2D eigenvalue weighted by Gasteiger charge is -2.34. The summed E-state index contributed by atoms with van der Waals surface area (Å²) in [5.41, 5.74) is 0. The Kier molecular flexibility index (Phi) is 7.79. The van der Waals surface area contributed by atoms with E-state index in [4.69, 9.17) is 4.74 Å². The monoisotopic (exact) mass is 298 g/mol. The van der Waals surface area contributed by atoms with Crippen molar-refractivity contribution in [2.75, 3.05) is 19.7 Å². The van der Waals surface area contributed by atoms with Crippen LogP contribution in [0.4, 0.5) is 0 Å². The molecule has 0 spiro atoms. The molecule has 0 saturated carbocycles.